The summed E-state index contributed by atoms with van der Waals surface area (Å²) in [7, 11) is 0. The van der Waals surface area contributed by atoms with E-state index in [9.17, 15) is 0 Å². The first kappa shape index (κ1) is 61.2. The Bertz CT molecular complexity index is 2480. The summed E-state index contributed by atoms with van der Waals surface area (Å²) in [6, 6.07) is 1.98. The zero-order valence-corrected chi connectivity index (χ0v) is 51.0. The maximum Gasteiger partial charge on any atom is 0.339 e. The highest BCUT2D eigenvalue weighted by atomic mass is 16.9. The van der Waals surface area contributed by atoms with Gasteiger partial charge in [-0.15, -0.1) is 0 Å². The van der Waals surface area contributed by atoms with E-state index in [0.29, 0.717) is 0 Å². The van der Waals surface area contributed by atoms with Crippen LogP contribution in [0.1, 0.15) is 152 Å². The molecule has 0 radical (unpaired) electrons. The Balaban J connectivity index is 0.926. The third-order valence-corrected chi connectivity index (χ3v) is 16.7. The van der Waals surface area contributed by atoms with Gasteiger partial charge in [-0.05, 0) is 123 Å². The Labute approximate surface area is 496 Å². The van der Waals surface area contributed by atoms with Gasteiger partial charge >= 0.3 is 23.9 Å². The van der Waals surface area contributed by atoms with Crippen LogP contribution in [0.4, 0.5) is 0 Å². The van der Waals surface area contributed by atoms with Crippen molar-refractivity contribution in [3.05, 3.63) is 34.4 Å². The van der Waals surface area contributed by atoms with Crippen LogP contribution in [0, 0.1) is 0 Å². The zero-order valence-electron chi connectivity index (χ0n) is 51.0. The normalized spacial score (nSPS) is 43.6. The van der Waals surface area contributed by atoms with Crippen molar-refractivity contribution in [3.8, 4) is 0 Å². The standard InChI is InChI=1S/C58H78O28/c1-51(2)63-19-27(75-51)31-35(39-47(71-31)83-55(9,10)79-39)67-43(59)23-17-25(45(61)69-37-33(29-21-65-53(5,6)77-29)73-49-41(37)81-57(13,14)85-49)26(46(62)70-38-34(30-22-66-54(7,8)78-30)74-50-42(38)82-58(15,16)86-50)18-24(23)44(60)68-36-32(28-20-64-52(3,4)76-28)72-48-40(36)80-56(11,12)84-48/h17-18,27-42,47-50H,19-22H2,1-16H3/t27-,28-,29-,30-,31-,32-,33-,34-,35+,36+,37+,38+,39-,40-,41-,42-,47-,48-,49-,50-/m1/s1. The quantitative estimate of drug-likeness (QED) is 0.212. The summed E-state index contributed by atoms with van der Waals surface area (Å²) in [6.45, 7) is 27.2. The lowest BCUT2D eigenvalue weighted by atomic mass is 9.96. The average Bonchev–Trinajstić information content (AvgIpc) is 1.59. The molecule has 86 heavy (non-hydrogen) atoms. The molecule has 20 atom stereocenters. The minimum atomic E-state index is -1.31. The number of hydrogen-bond acceptors (Lipinski definition) is 28. The highest BCUT2D eigenvalue weighted by Gasteiger charge is 2.65. The summed E-state index contributed by atoms with van der Waals surface area (Å²) >= 11 is 0. The van der Waals surface area contributed by atoms with Crippen molar-refractivity contribution in [2.45, 2.75) is 280 Å². The van der Waals surface area contributed by atoms with Gasteiger partial charge in [0.15, 0.2) is 120 Å². The molecule has 28 heteroatoms. The lowest BCUT2D eigenvalue weighted by molar-refractivity contribution is -0.232. The summed E-state index contributed by atoms with van der Waals surface area (Å²) in [6.07, 6.45) is -21.2. The Morgan fingerprint density at radius 1 is 0.291 bits per heavy atom. The molecular weight excluding hydrogens is 1140 g/mol. The van der Waals surface area contributed by atoms with Gasteiger partial charge in [0.2, 0.25) is 0 Å². The molecule has 1 aromatic rings. The van der Waals surface area contributed by atoms with Crippen molar-refractivity contribution in [2.75, 3.05) is 26.4 Å². The first-order valence-electron chi connectivity index (χ1n) is 29.3. The molecule has 0 aliphatic carbocycles. The van der Waals surface area contributed by atoms with E-state index in [1.165, 1.54) is 0 Å². The van der Waals surface area contributed by atoms with Gasteiger partial charge in [0.05, 0.1) is 48.7 Å². The molecule has 0 amide bonds. The summed E-state index contributed by atoms with van der Waals surface area (Å²) in [5.41, 5.74) is -2.38. The second kappa shape index (κ2) is 20.9. The van der Waals surface area contributed by atoms with E-state index < -0.39 is 215 Å². The number of fused-ring (bicyclic) bond motifs is 4. The second-order valence-corrected chi connectivity index (χ2v) is 27.2. The molecule has 12 aliphatic rings. The SMILES string of the molecule is CC1(C)O[C@H]2O[C@H]([C@H]3COC(C)(C)O3)[C@H](OC(=O)c3cc(C(=O)O[C@@H]4[C@H]5OC(C)(C)O[C@H]5O[C@@H]4[C@H]4COC(C)(C)O4)c(C(=O)O[C@@H]4[C@H]5OC(C)(C)O[C@H]5O[C@@H]4[C@H]4COC(C)(C)O4)cc3C(=O)O[C@@H]3[C@H]4OC(C)(C)O[C@H]4O[C@@H]3[C@H]3COC(C)(C)O3)[C@H]2O1. The smallest absolute Gasteiger partial charge is 0.339 e. The van der Waals surface area contributed by atoms with Crippen molar-refractivity contribution >= 4 is 23.9 Å². The van der Waals surface area contributed by atoms with Crippen molar-refractivity contribution in [2.24, 2.45) is 0 Å². The van der Waals surface area contributed by atoms with Crippen LogP contribution in [-0.2, 0) is 114 Å². The van der Waals surface area contributed by atoms with Crippen LogP contribution in [0.2, 0.25) is 0 Å². The molecule has 12 heterocycles. The summed E-state index contributed by atoms with van der Waals surface area (Å²) in [5, 5.41) is 0. The fourth-order valence-electron chi connectivity index (χ4n) is 13.3. The van der Waals surface area contributed by atoms with Crippen LogP contribution in [0.3, 0.4) is 0 Å². The van der Waals surface area contributed by atoms with Gasteiger partial charge in [0.25, 0.3) is 0 Å². The highest BCUT2D eigenvalue weighted by Crippen LogP contribution is 2.48. The molecule has 12 fully saturated rings. The van der Waals surface area contributed by atoms with Gasteiger partial charge in [0.1, 0.15) is 48.8 Å². The maximum atomic E-state index is 15.6. The van der Waals surface area contributed by atoms with E-state index in [0.717, 1.165) is 12.1 Å². The average molecular weight is 1220 g/mol. The largest absolute Gasteiger partial charge is 0.453 e. The lowest BCUT2D eigenvalue weighted by Crippen LogP contribution is -2.46. The molecule has 1 aromatic carbocycles. The number of carbonyl (C=O) groups is 4. The van der Waals surface area contributed by atoms with Gasteiger partial charge < -0.3 is 114 Å². The second-order valence-electron chi connectivity index (χ2n) is 27.2. The molecule has 0 N–H and O–H groups in total. The summed E-state index contributed by atoms with van der Waals surface area (Å²) < 4.78 is 150. The van der Waals surface area contributed by atoms with Gasteiger partial charge in [0, 0.05) is 0 Å². The Morgan fingerprint density at radius 3 is 0.663 bits per heavy atom. The zero-order chi connectivity index (χ0) is 61.4. The first-order chi connectivity index (χ1) is 40.0. The first-order valence-corrected chi connectivity index (χ1v) is 29.3. The van der Waals surface area contributed by atoms with Gasteiger partial charge in [-0.1, -0.05) is 0 Å². The third kappa shape index (κ3) is 11.6. The fraction of sp³-hybridized carbons (Fsp3) is 0.828. The summed E-state index contributed by atoms with van der Waals surface area (Å²) in [4.78, 5) is 62.6. The molecule has 0 unspecified atom stereocenters. The number of ether oxygens (including phenoxy) is 24. The van der Waals surface area contributed by atoms with Gasteiger partial charge in [-0.3, -0.25) is 0 Å². The number of benzene rings is 1. The molecular formula is C58H78O28. The molecule has 0 saturated carbocycles. The molecule has 28 nitrogen and oxygen atoms in total. The maximum absolute atomic E-state index is 15.6. The number of esters is 4. The van der Waals surface area contributed by atoms with Crippen molar-refractivity contribution < 1.29 is 133 Å². The number of hydrogen-bond donors (Lipinski definition) is 0. The van der Waals surface area contributed by atoms with E-state index in [-0.39, 0.29) is 26.4 Å². The van der Waals surface area contributed by atoms with Crippen LogP contribution >= 0.6 is 0 Å². The Hall–Kier alpha value is -3.70. The number of rotatable bonds is 12. The Morgan fingerprint density at radius 2 is 0.488 bits per heavy atom. The molecule has 478 valence electrons. The molecule has 0 aromatic heterocycles. The topological polar surface area (TPSA) is 290 Å². The van der Waals surface area contributed by atoms with E-state index >= 15 is 19.2 Å². The minimum Gasteiger partial charge on any atom is -0.453 e. The van der Waals surface area contributed by atoms with Crippen LogP contribution in [-0.4, -0.2) is 219 Å². The van der Waals surface area contributed by atoms with Crippen LogP contribution < -0.4 is 0 Å². The third-order valence-electron chi connectivity index (χ3n) is 16.7. The highest BCUT2D eigenvalue weighted by molar-refractivity contribution is 6.10. The van der Waals surface area contributed by atoms with E-state index in [1.807, 2.05) is 0 Å². The molecule has 12 aliphatic heterocycles. The minimum absolute atomic E-state index is 0.0250. The van der Waals surface area contributed by atoms with Crippen LogP contribution in [0.25, 0.3) is 0 Å². The predicted molar refractivity (Wildman–Crippen MR) is 278 cm³/mol. The number of carbonyl (C=O) groups excluding carboxylic acids is 4. The van der Waals surface area contributed by atoms with Crippen LogP contribution in [0.5, 0.6) is 0 Å². The van der Waals surface area contributed by atoms with E-state index in [4.69, 9.17) is 114 Å². The van der Waals surface area contributed by atoms with Crippen molar-refractivity contribution in [1.82, 2.24) is 0 Å². The Kier molecular flexibility index (Phi) is 14.9. The molecule has 12 saturated heterocycles. The lowest BCUT2D eigenvalue weighted by Gasteiger charge is -2.30. The molecule has 0 bridgehead atoms. The van der Waals surface area contributed by atoms with E-state index in [2.05, 4.69) is 0 Å². The van der Waals surface area contributed by atoms with E-state index in [1.54, 1.807) is 111 Å². The van der Waals surface area contributed by atoms with Gasteiger partial charge in [-0.25, -0.2) is 19.2 Å². The fourth-order valence-corrected chi connectivity index (χ4v) is 13.3. The van der Waals surface area contributed by atoms with Crippen molar-refractivity contribution in [3.63, 3.8) is 0 Å². The van der Waals surface area contributed by atoms with Crippen LogP contribution in [0.15, 0.2) is 12.1 Å². The molecule has 13 rings (SSSR count). The summed E-state index contributed by atoms with van der Waals surface area (Å²) in [5.74, 6) is -13.9. The monoisotopic (exact) mass is 1220 g/mol. The molecule has 0 spiro atoms. The van der Waals surface area contributed by atoms with Gasteiger partial charge in [-0.2, -0.15) is 0 Å². The predicted octanol–water partition coefficient (Wildman–Crippen LogP) is 3.90. The van der Waals surface area contributed by atoms with Crippen molar-refractivity contribution in [1.29, 1.82) is 0 Å².